The van der Waals surface area contributed by atoms with Gasteiger partial charge in [0.2, 0.25) is 5.91 Å². The van der Waals surface area contributed by atoms with Gasteiger partial charge in [-0.05, 0) is 18.6 Å². The molecule has 1 aromatic carbocycles. The first-order valence-corrected chi connectivity index (χ1v) is 6.40. The largest absolute Gasteiger partial charge is 0.491 e. The van der Waals surface area contributed by atoms with Gasteiger partial charge < -0.3 is 15.6 Å². The van der Waals surface area contributed by atoms with Gasteiger partial charge in [-0.15, -0.1) is 0 Å². The van der Waals surface area contributed by atoms with Crippen molar-refractivity contribution in [3.63, 3.8) is 0 Å². The predicted molar refractivity (Wildman–Crippen MR) is 73.6 cm³/mol. The molecule has 5 heteroatoms. The lowest BCUT2D eigenvalue weighted by Gasteiger charge is -2.18. The van der Waals surface area contributed by atoms with Gasteiger partial charge in [-0.2, -0.15) is 0 Å². The van der Waals surface area contributed by atoms with Gasteiger partial charge in [0.1, 0.15) is 18.5 Å². The van der Waals surface area contributed by atoms with Gasteiger partial charge in [-0.3, -0.25) is 4.79 Å². The molecule has 0 saturated heterocycles. The minimum absolute atomic E-state index is 0.131. The van der Waals surface area contributed by atoms with E-state index in [1.54, 1.807) is 12.1 Å². The van der Waals surface area contributed by atoms with Crippen LogP contribution in [0.2, 0.25) is 0 Å². The molecule has 2 unspecified atom stereocenters. The molecule has 0 aliphatic carbocycles. The van der Waals surface area contributed by atoms with E-state index in [1.165, 1.54) is 0 Å². The minimum atomic E-state index is -0.749. The summed E-state index contributed by atoms with van der Waals surface area (Å²) in [5, 5.41) is 9.84. The van der Waals surface area contributed by atoms with Crippen molar-refractivity contribution in [2.75, 3.05) is 6.61 Å². The zero-order valence-corrected chi connectivity index (χ0v) is 11.5. The lowest BCUT2D eigenvalue weighted by Crippen LogP contribution is -2.29. The molecule has 0 aromatic heterocycles. The van der Waals surface area contributed by atoms with E-state index < -0.39 is 12.0 Å². The molecule has 0 radical (unpaired) electrons. The highest BCUT2D eigenvalue weighted by atomic mass is 79.9. The topological polar surface area (TPSA) is 72.6 Å². The Balaban J connectivity index is 2.38. The zero-order chi connectivity index (χ0) is 13.5. The third-order valence-electron chi connectivity index (χ3n) is 2.37. The average molecular weight is 314 g/mol. The quantitative estimate of drug-likeness (QED) is 0.593. The number of carbonyl (C=O) groups is 1. The fourth-order valence-corrected chi connectivity index (χ4v) is 1.82. The van der Waals surface area contributed by atoms with Gasteiger partial charge in [0.25, 0.3) is 0 Å². The van der Waals surface area contributed by atoms with Crippen molar-refractivity contribution < 1.29 is 14.6 Å². The molecule has 3 N–H and O–H groups in total. The Morgan fingerprint density at radius 1 is 1.44 bits per heavy atom. The monoisotopic (exact) mass is 313 g/mol. The minimum Gasteiger partial charge on any atom is -0.491 e. The van der Waals surface area contributed by atoms with Crippen LogP contribution in [0.25, 0.3) is 0 Å². The van der Waals surface area contributed by atoms with Crippen LogP contribution in [0.1, 0.15) is 6.42 Å². The third-order valence-corrected chi connectivity index (χ3v) is 3.31. The van der Waals surface area contributed by atoms with Crippen LogP contribution < -0.4 is 10.5 Å². The van der Waals surface area contributed by atoms with Crippen LogP contribution in [0, 0.1) is 0 Å². The van der Waals surface area contributed by atoms with Crippen molar-refractivity contribution in [1.29, 1.82) is 0 Å². The molecule has 1 rings (SSSR count). The van der Waals surface area contributed by atoms with Crippen molar-refractivity contribution in [2.24, 2.45) is 5.73 Å². The summed E-state index contributed by atoms with van der Waals surface area (Å²) >= 11 is 3.29. The summed E-state index contributed by atoms with van der Waals surface area (Å²) in [5.74, 6) is 0.126. The van der Waals surface area contributed by atoms with Gasteiger partial charge in [-0.25, -0.2) is 0 Å². The van der Waals surface area contributed by atoms with Crippen molar-refractivity contribution in [1.82, 2.24) is 0 Å². The van der Waals surface area contributed by atoms with E-state index in [0.29, 0.717) is 5.75 Å². The van der Waals surface area contributed by atoms with Gasteiger partial charge in [-0.1, -0.05) is 40.7 Å². The summed E-state index contributed by atoms with van der Waals surface area (Å²) in [6, 6.07) is 9.19. The molecule has 0 fully saturated rings. The van der Waals surface area contributed by atoms with Crippen LogP contribution in [0.15, 0.2) is 42.5 Å². The number of nitrogens with two attached hydrogens (primary N) is 1. The van der Waals surface area contributed by atoms with E-state index in [1.807, 2.05) is 18.2 Å². The summed E-state index contributed by atoms with van der Waals surface area (Å²) in [6.45, 7) is 3.67. The first-order chi connectivity index (χ1) is 8.50. The maximum atomic E-state index is 10.8. The first-order valence-electron chi connectivity index (χ1n) is 5.48. The summed E-state index contributed by atoms with van der Waals surface area (Å²) in [5.41, 5.74) is 5.35. The number of ether oxygens (including phenoxy) is 1. The van der Waals surface area contributed by atoms with Crippen molar-refractivity contribution in [2.45, 2.75) is 17.4 Å². The highest BCUT2D eigenvalue weighted by Crippen LogP contribution is 2.17. The number of para-hydroxylation sites is 1. The number of primary amides is 1. The van der Waals surface area contributed by atoms with Crippen molar-refractivity contribution in [3.8, 4) is 5.75 Å². The molecule has 1 amide bonds. The second-order valence-electron chi connectivity index (χ2n) is 3.88. The maximum absolute atomic E-state index is 10.8. The van der Waals surface area contributed by atoms with E-state index >= 15 is 0 Å². The van der Waals surface area contributed by atoms with E-state index in [2.05, 4.69) is 22.5 Å². The summed E-state index contributed by atoms with van der Waals surface area (Å²) in [6.07, 6.45) is -0.462. The lowest BCUT2D eigenvalue weighted by molar-refractivity contribution is -0.114. The molecule has 1 aromatic rings. The number of hydrogen-bond acceptors (Lipinski definition) is 3. The Bertz CT molecular complexity index is 408. The zero-order valence-electron chi connectivity index (χ0n) is 9.88. The number of aliphatic hydroxyl groups is 1. The Morgan fingerprint density at radius 2 is 2.06 bits per heavy atom. The van der Waals surface area contributed by atoms with Crippen LogP contribution in [0.4, 0.5) is 0 Å². The van der Waals surface area contributed by atoms with Crippen molar-refractivity contribution >= 4 is 21.8 Å². The number of aliphatic hydroxyl groups excluding tert-OH is 1. The molecule has 0 saturated carbocycles. The van der Waals surface area contributed by atoms with Gasteiger partial charge in [0, 0.05) is 10.4 Å². The molecule has 2 atom stereocenters. The van der Waals surface area contributed by atoms with Crippen LogP contribution >= 0.6 is 15.9 Å². The molecule has 0 spiro atoms. The molecule has 98 valence electrons. The Labute approximate surface area is 115 Å². The fourth-order valence-electron chi connectivity index (χ4n) is 1.27. The van der Waals surface area contributed by atoms with Crippen LogP contribution in [0.3, 0.4) is 0 Å². The lowest BCUT2D eigenvalue weighted by atomic mass is 10.1. The van der Waals surface area contributed by atoms with E-state index in [0.717, 1.165) is 0 Å². The van der Waals surface area contributed by atoms with Crippen LogP contribution in [-0.4, -0.2) is 28.6 Å². The van der Waals surface area contributed by atoms with Crippen LogP contribution in [0.5, 0.6) is 5.75 Å². The fraction of sp³-hybridized carbons (Fsp3) is 0.308. The molecular formula is C13H16BrNO3. The molecule has 18 heavy (non-hydrogen) atoms. The first kappa shape index (κ1) is 14.7. The molecule has 4 nitrogen and oxygen atoms in total. The Morgan fingerprint density at radius 3 is 2.61 bits per heavy atom. The summed E-state index contributed by atoms with van der Waals surface area (Å²) in [4.78, 5) is 10.5. The molecule has 0 aliphatic heterocycles. The average Bonchev–Trinajstić information content (AvgIpc) is 2.36. The van der Waals surface area contributed by atoms with E-state index in [4.69, 9.17) is 10.5 Å². The van der Waals surface area contributed by atoms with Gasteiger partial charge in [0.05, 0.1) is 0 Å². The maximum Gasteiger partial charge on any atom is 0.244 e. The normalized spacial score (nSPS) is 13.7. The summed E-state index contributed by atoms with van der Waals surface area (Å²) in [7, 11) is 0. The Hall–Kier alpha value is -1.33. The van der Waals surface area contributed by atoms with Gasteiger partial charge >= 0.3 is 0 Å². The number of benzene rings is 1. The van der Waals surface area contributed by atoms with Crippen molar-refractivity contribution in [3.05, 3.63) is 42.5 Å². The number of hydrogen-bond donors (Lipinski definition) is 2. The van der Waals surface area contributed by atoms with Crippen LogP contribution in [-0.2, 0) is 4.79 Å². The number of rotatable bonds is 7. The summed E-state index contributed by atoms with van der Waals surface area (Å²) < 4.78 is 5.41. The van der Waals surface area contributed by atoms with E-state index in [9.17, 15) is 9.90 Å². The SMILES string of the molecule is C=C(CC(Br)C(O)COc1ccccc1)C(N)=O. The highest BCUT2D eigenvalue weighted by molar-refractivity contribution is 9.09. The molecular weight excluding hydrogens is 298 g/mol. The predicted octanol–water partition coefficient (Wildman–Crippen LogP) is 1.62. The second-order valence-corrected chi connectivity index (χ2v) is 5.06. The number of alkyl halides is 1. The second kappa shape index (κ2) is 7.18. The standard InChI is InChI=1S/C13H16BrNO3/c1-9(13(15)17)7-11(14)12(16)8-18-10-5-3-2-4-6-10/h2-6,11-12,16H,1,7-8H2,(H2,15,17). The van der Waals surface area contributed by atoms with Gasteiger partial charge in [0.15, 0.2) is 0 Å². The Kier molecular flexibility index (Phi) is 5.88. The smallest absolute Gasteiger partial charge is 0.244 e. The molecule has 0 bridgehead atoms. The number of halogens is 1. The van der Waals surface area contributed by atoms with E-state index in [-0.39, 0.29) is 23.4 Å². The highest BCUT2D eigenvalue weighted by Gasteiger charge is 2.19. The number of carbonyl (C=O) groups excluding carboxylic acids is 1. The number of amides is 1. The third kappa shape index (κ3) is 4.89. The molecule has 0 heterocycles. The molecule has 0 aliphatic rings.